The van der Waals surface area contributed by atoms with Crippen LogP contribution < -0.4 is 10.6 Å². The summed E-state index contributed by atoms with van der Waals surface area (Å²) in [6, 6.07) is 11.6. The maximum absolute atomic E-state index is 4.43. The molecule has 1 aromatic carbocycles. The van der Waals surface area contributed by atoms with Crippen LogP contribution >= 0.6 is 0 Å². The molecule has 0 aromatic heterocycles. The molecular weight excluding hydrogens is 358 g/mol. The van der Waals surface area contributed by atoms with Crippen molar-refractivity contribution in [1.29, 1.82) is 0 Å². The molecule has 1 aromatic rings. The first-order valence-electron chi connectivity index (χ1n) is 11.7. The molecule has 162 valence electrons. The van der Waals surface area contributed by atoms with Gasteiger partial charge in [0, 0.05) is 45.8 Å². The van der Waals surface area contributed by atoms with E-state index >= 15 is 0 Å². The van der Waals surface area contributed by atoms with Gasteiger partial charge in [-0.25, -0.2) is 0 Å². The molecule has 0 amide bonds. The van der Waals surface area contributed by atoms with E-state index in [1.165, 1.54) is 63.8 Å². The molecule has 0 radical (unpaired) electrons. The molecule has 2 saturated heterocycles. The van der Waals surface area contributed by atoms with Gasteiger partial charge < -0.3 is 15.5 Å². The number of aliphatic imine (C=N–C) groups is 1. The first kappa shape index (κ1) is 22.1. The maximum Gasteiger partial charge on any atom is 0.191 e. The first-order chi connectivity index (χ1) is 14.3. The zero-order chi connectivity index (χ0) is 20.3. The van der Waals surface area contributed by atoms with Crippen LogP contribution in [-0.4, -0.2) is 74.7 Å². The lowest BCUT2D eigenvalue weighted by Gasteiger charge is -2.35. The SMILES string of the molecule is CCC1CCCCN1CCNC(=NC)NCC1CCN(CCc2ccccc2)C1. The minimum atomic E-state index is 0.718. The fourth-order valence-corrected chi connectivity index (χ4v) is 4.81. The van der Waals surface area contributed by atoms with Gasteiger partial charge in [-0.15, -0.1) is 0 Å². The van der Waals surface area contributed by atoms with Crippen molar-refractivity contribution in [3.63, 3.8) is 0 Å². The van der Waals surface area contributed by atoms with Crippen LogP contribution in [0.3, 0.4) is 0 Å². The summed E-state index contributed by atoms with van der Waals surface area (Å²) >= 11 is 0. The van der Waals surface area contributed by atoms with Crippen molar-refractivity contribution in [2.75, 3.05) is 52.9 Å². The van der Waals surface area contributed by atoms with Crippen molar-refractivity contribution in [3.05, 3.63) is 35.9 Å². The molecule has 2 fully saturated rings. The van der Waals surface area contributed by atoms with Crippen molar-refractivity contribution in [2.45, 2.75) is 51.5 Å². The summed E-state index contributed by atoms with van der Waals surface area (Å²) in [5.41, 5.74) is 1.44. The number of nitrogens with zero attached hydrogens (tertiary/aromatic N) is 3. The van der Waals surface area contributed by atoms with Gasteiger partial charge in [-0.1, -0.05) is 43.7 Å². The van der Waals surface area contributed by atoms with Crippen molar-refractivity contribution >= 4 is 5.96 Å². The lowest BCUT2D eigenvalue weighted by Crippen LogP contribution is -2.46. The highest BCUT2D eigenvalue weighted by atomic mass is 15.2. The Morgan fingerprint density at radius 2 is 1.93 bits per heavy atom. The van der Waals surface area contributed by atoms with Crippen LogP contribution in [0.5, 0.6) is 0 Å². The Balaban J connectivity index is 1.30. The van der Waals surface area contributed by atoms with Gasteiger partial charge >= 0.3 is 0 Å². The van der Waals surface area contributed by atoms with Gasteiger partial charge in [-0.2, -0.15) is 0 Å². The van der Waals surface area contributed by atoms with Gasteiger partial charge in [0.05, 0.1) is 0 Å². The molecule has 2 aliphatic heterocycles. The Bertz CT molecular complexity index is 603. The van der Waals surface area contributed by atoms with Gasteiger partial charge in [-0.3, -0.25) is 9.89 Å². The summed E-state index contributed by atoms with van der Waals surface area (Å²) in [4.78, 5) is 9.69. The molecule has 2 aliphatic rings. The maximum atomic E-state index is 4.43. The fraction of sp³-hybridized carbons (Fsp3) is 0.708. The number of guanidine groups is 1. The largest absolute Gasteiger partial charge is 0.356 e. The third kappa shape index (κ3) is 7.31. The van der Waals surface area contributed by atoms with Gasteiger partial charge in [0.2, 0.25) is 0 Å². The van der Waals surface area contributed by atoms with Crippen molar-refractivity contribution in [3.8, 4) is 0 Å². The van der Waals surface area contributed by atoms with E-state index in [4.69, 9.17) is 0 Å². The topological polar surface area (TPSA) is 42.9 Å². The van der Waals surface area contributed by atoms with E-state index in [0.717, 1.165) is 44.0 Å². The number of nitrogens with one attached hydrogen (secondary N) is 2. The molecule has 5 nitrogen and oxygen atoms in total. The van der Waals surface area contributed by atoms with Gasteiger partial charge in [0.25, 0.3) is 0 Å². The lowest BCUT2D eigenvalue weighted by molar-refractivity contribution is 0.147. The van der Waals surface area contributed by atoms with Gasteiger partial charge in [0.1, 0.15) is 0 Å². The molecule has 2 atom stereocenters. The average molecular weight is 400 g/mol. The molecule has 2 heterocycles. The molecule has 2 unspecified atom stereocenters. The minimum Gasteiger partial charge on any atom is -0.356 e. The lowest BCUT2D eigenvalue weighted by atomic mass is 10.0. The van der Waals surface area contributed by atoms with E-state index in [1.54, 1.807) is 0 Å². The number of likely N-dealkylation sites (tertiary alicyclic amines) is 2. The van der Waals surface area contributed by atoms with Crippen molar-refractivity contribution < 1.29 is 0 Å². The summed E-state index contributed by atoms with van der Waals surface area (Å²) in [6.07, 6.45) is 7.83. The Morgan fingerprint density at radius 3 is 2.72 bits per heavy atom. The number of hydrogen-bond donors (Lipinski definition) is 2. The van der Waals surface area contributed by atoms with E-state index in [1.807, 2.05) is 7.05 Å². The van der Waals surface area contributed by atoms with E-state index < -0.39 is 0 Å². The van der Waals surface area contributed by atoms with Crippen LogP contribution in [0, 0.1) is 5.92 Å². The van der Waals surface area contributed by atoms with Crippen LogP contribution in [0.4, 0.5) is 0 Å². The first-order valence-corrected chi connectivity index (χ1v) is 11.7. The number of piperidine rings is 1. The van der Waals surface area contributed by atoms with E-state index in [-0.39, 0.29) is 0 Å². The highest BCUT2D eigenvalue weighted by molar-refractivity contribution is 5.79. The monoisotopic (exact) mass is 399 g/mol. The molecular formula is C24H41N5. The second-order valence-corrected chi connectivity index (χ2v) is 8.66. The van der Waals surface area contributed by atoms with Crippen LogP contribution in [0.15, 0.2) is 35.3 Å². The fourth-order valence-electron chi connectivity index (χ4n) is 4.81. The zero-order valence-corrected chi connectivity index (χ0v) is 18.6. The third-order valence-corrected chi connectivity index (χ3v) is 6.62. The molecule has 0 aliphatic carbocycles. The third-order valence-electron chi connectivity index (χ3n) is 6.62. The molecule has 0 saturated carbocycles. The molecule has 3 rings (SSSR count). The van der Waals surface area contributed by atoms with Crippen molar-refractivity contribution in [1.82, 2.24) is 20.4 Å². The summed E-state index contributed by atoms with van der Waals surface area (Å²) in [7, 11) is 1.88. The molecule has 5 heteroatoms. The summed E-state index contributed by atoms with van der Waals surface area (Å²) in [5, 5.41) is 7.09. The van der Waals surface area contributed by atoms with E-state index in [9.17, 15) is 0 Å². The normalized spacial score (nSPS) is 24.0. The van der Waals surface area contributed by atoms with Crippen LogP contribution in [0.2, 0.25) is 0 Å². The Hall–Kier alpha value is -1.59. The van der Waals surface area contributed by atoms with Gasteiger partial charge in [-0.05, 0) is 56.7 Å². The molecule has 0 spiro atoms. The predicted octanol–water partition coefficient (Wildman–Crippen LogP) is 2.98. The second kappa shape index (κ2) is 12.2. The Morgan fingerprint density at radius 1 is 1.07 bits per heavy atom. The van der Waals surface area contributed by atoms with E-state index in [2.05, 4.69) is 62.7 Å². The highest BCUT2D eigenvalue weighted by Crippen LogP contribution is 2.18. The van der Waals surface area contributed by atoms with Crippen molar-refractivity contribution in [2.24, 2.45) is 10.9 Å². The molecule has 29 heavy (non-hydrogen) atoms. The Kier molecular flexibility index (Phi) is 9.29. The summed E-state index contributed by atoms with van der Waals surface area (Å²) in [6.45, 7) is 10.3. The zero-order valence-electron chi connectivity index (χ0n) is 18.6. The minimum absolute atomic E-state index is 0.718. The Labute approximate surface area is 178 Å². The molecule has 2 N–H and O–H groups in total. The van der Waals surface area contributed by atoms with E-state index in [0.29, 0.717) is 0 Å². The summed E-state index contributed by atoms with van der Waals surface area (Å²) in [5.74, 6) is 1.67. The van der Waals surface area contributed by atoms with Crippen LogP contribution in [0.25, 0.3) is 0 Å². The smallest absolute Gasteiger partial charge is 0.191 e. The average Bonchev–Trinajstić information content (AvgIpc) is 3.23. The second-order valence-electron chi connectivity index (χ2n) is 8.66. The van der Waals surface area contributed by atoms with Crippen LogP contribution in [-0.2, 0) is 6.42 Å². The number of rotatable bonds is 9. The van der Waals surface area contributed by atoms with Crippen LogP contribution in [0.1, 0.15) is 44.6 Å². The predicted molar refractivity (Wildman–Crippen MR) is 124 cm³/mol. The molecule has 0 bridgehead atoms. The number of hydrogen-bond acceptors (Lipinski definition) is 3. The summed E-state index contributed by atoms with van der Waals surface area (Å²) < 4.78 is 0. The standard InChI is InChI=1S/C24H41N5/c1-3-23-11-7-8-15-29(23)18-14-26-24(25-2)27-19-22-13-17-28(20-22)16-12-21-9-5-4-6-10-21/h4-6,9-10,22-23H,3,7-8,11-20H2,1-2H3,(H2,25,26,27). The quantitative estimate of drug-likeness (QED) is 0.495. The highest BCUT2D eigenvalue weighted by Gasteiger charge is 2.22. The van der Waals surface area contributed by atoms with Gasteiger partial charge in [0.15, 0.2) is 5.96 Å². The number of benzene rings is 1.